The van der Waals surface area contributed by atoms with Gasteiger partial charge >= 0.3 is 0 Å². The number of benzene rings is 2. The number of methoxy groups -OCH3 is 1. The van der Waals surface area contributed by atoms with Gasteiger partial charge in [-0.25, -0.2) is 0 Å². The zero-order valence-corrected chi connectivity index (χ0v) is 12.7. The van der Waals surface area contributed by atoms with E-state index in [4.69, 9.17) is 13.0 Å². The summed E-state index contributed by atoms with van der Waals surface area (Å²) in [5.74, 6) is 5.44. The average molecular weight is 319 g/mol. The number of hydrogen-bond acceptors (Lipinski definition) is 4. The van der Waals surface area contributed by atoms with Crippen molar-refractivity contribution in [3.63, 3.8) is 0 Å². The summed E-state index contributed by atoms with van der Waals surface area (Å²) in [5, 5.41) is 0. The fourth-order valence-electron chi connectivity index (χ4n) is 1.66. The van der Waals surface area contributed by atoms with Crippen LogP contribution >= 0.6 is 0 Å². The third-order valence-corrected chi connectivity index (χ3v) is 4.06. The van der Waals surface area contributed by atoms with E-state index in [1.807, 2.05) is 6.92 Å². The molecule has 0 bridgehead atoms. The first-order chi connectivity index (χ1) is 11.7. The third-order valence-electron chi connectivity index (χ3n) is 2.78. The smallest absolute Gasteiger partial charge is 0.297 e. The summed E-state index contributed by atoms with van der Waals surface area (Å²) in [6.45, 7) is 1.54. The van der Waals surface area contributed by atoms with E-state index in [1.165, 1.54) is 24.3 Å². The molecule has 0 saturated carbocycles. The Hall–Kier alpha value is -2.29. The lowest BCUT2D eigenvalue weighted by atomic mass is 10.2. The van der Waals surface area contributed by atoms with Gasteiger partial charge in [0.05, 0.1) is 16.0 Å². The van der Waals surface area contributed by atoms with Gasteiger partial charge in [0.25, 0.3) is 10.1 Å². The van der Waals surface area contributed by atoms with Crippen molar-refractivity contribution in [1.82, 2.24) is 0 Å². The molecule has 2 rings (SSSR count). The number of hydrogen-bond donors (Lipinski definition) is 0. The maximum atomic E-state index is 12.0. The van der Waals surface area contributed by atoms with Gasteiger partial charge in [-0.2, -0.15) is 8.42 Å². The normalized spacial score (nSPS) is 13.2. The molecule has 0 fully saturated rings. The lowest BCUT2D eigenvalue weighted by Crippen LogP contribution is -2.06. The van der Waals surface area contributed by atoms with Crippen LogP contribution < -0.4 is 4.74 Å². The molecule has 22 heavy (non-hydrogen) atoms. The van der Waals surface area contributed by atoms with Crippen LogP contribution in [0.4, 0.5) is 0 Å². The van der Waals surface area contributed by atoms with Crippen LogP contribution in [0.1, 0.15) is 15.2 Å². The summed E-state index contributed by atoms with van der Waals surface area (Å²) in [6.07, 6.45) is 0. The summed E-state index contributed by atoms with van der Waals surface area (Å²) in [6, 6.07) is 12.5. The molecule has 0 radical (unpaired) electrons. The Morgan fingerprint density at radius 3 is 2.68 bits per heavy atom. The van der Waals surface area contributed by atoms with E-state index in [-0.39, 0.29) is 17.3 Å². The molecule has 0 aliphatic carbocycles. The first-order valence-corrected chi connectivity index (χ1v) is 7.81. The van der Waals surface area contributed by atoms with E-state index < -0.39 is 17.2 Å². The van der Waals surface area contributed by atoms with E-state index in [9.17, 15) is 8.42 Å². The molecule has 0 unspecified atom stereocenters. The van der Waals surface area contributed by atoms with Gasteiger partial charge in [0.2, 0.25) is 0 Å². The predicted molar refractivity (Wildman–Crippen MR) is 84.2 cm³/mol. The second kappa shape index (κ2) is 7.12. The summed E-state index contributed by atoms with van der Waals surface area (Å²) in [5.41, 5.74) is 1.43. The minimum Gasteiger partial charge on any atom is -0.497 e. The fourth-order valence-corrected chi connectivity index (χ4v) is 2.48. The molecule has 2 aromatic rings. The third kappa shape index (κ3) is 4.35. The largest absolute Gasteiger partial charge is 0.497 e. The van der Waals surface area contributed by atoms with Crippen molar-refractivity contribution in [2.24, 2.45) is 0 Å². The van der Waals surface area contributed by atoms with Crippen molar-refractivity contribution in [1.29, 1.82) is 0 Å². The lowest BCUT2D eigenvalue weighted by Gasteiger charge is -2.02. The molecule has 0 aliphatic heterocycles. The molecular formula is C17H16O4S. The van der Waals surface area contributed by atoms with Crippen LogP contribution in [-0.2, 0) is 14.3 Å². The molecule has 0 N–H and O–H groups in total. The van der Waals surface area contributed by atoms with Crippen LogP contribution in [0.15, 0.2) is 53.4 Å². The number of ether oxygens (including phenoxy) is 1. The number of rotatable bonds is 4. The van der Waals surface area contributed by atoms with Gasteiger partial charge in [-0.3, -0.25) is 4.18 Å². The predicted octanol–water partition coefficient (Wildman–Crippen LogP) is 2.76. The second-order valence-corrected chi connectivity index (χ2v) is 6.08. The van der Waals surface area contributed by atoms with Crippen molar-refractivity contribution >= 4 is 10.1 Å². The van der Waals surface area contributed by atoms with Crippen LogP contribution in [0, 0.1) is 18.8 Å². The molecule has 0 aromatic heterocycles. The highest BCUT2D eigenvalue weighted by Crippen LogP contribution is 2.13. The van der Waals surface area contributed by atoms with Gasteiger partial charge in [0, 0.05) is 5.56 Å². The summed E-state index contributed by atoms with van der Waals surface area (Å²) in [4.78, 5) is 0.0629. The Labute approximate surface area is 135 Å². The molecule has 0 amide bonds. The first kappa shape index (κ1) is 12.3. The van der Waals surface area contributed by atoms with Crippen molar-refractivity contribution in [3.8, 4) is 17.6 Å². The van der Waals surface area contributed by atoms with Gasteiger partial charge in [0.15, 0.2) is 0 Å². The highest BCUT2D eigenvalue weighted by Gasteiger charge is 2.13. The Balaban J connectivity index is 2.01. The quantitative estimate of drug-likeness (QED) is 0.642. The Morgan fingerprint density at radius 1 is 1.18 bits per heavy atom. The van der Waals surface area contributed by atoms with E-state index in [0.717, 1.165) is 5.56 Å². The van der Waals surface area contributed by atoms with Crippen molar-refractivity contribution in [3.05, 3.63) is 59.7 Å². The summed E-state index contributed by atoms with van der Waals surface area (Å²) >= 11 is 0. The molecule has 0 aliphatic rings. The highest BCUT2D eigenvalue weighted by molar-refractivity contribution is 7.86. The van der Waals surface area contributed by atoms with E-state index in [2.05, 4.69) is 11.8 Å². The minimum atomic E-state index is -3.87. The second-order valence-electron chi connectivity index (χ2n) is 4.46. The molecule has 5 heteroatoms. The summed E-state index contributed by atoms with van der Waals surface area (Å²) in [7, 11) is -6.41. The van der Waals surface area contributed by atoms with Crippen molar-refractivity contribution < 1.29 is 21.5 Å². The molecule has 114 valence electrons. The highest BCUT2D eigenvalue weighted by atomic mass is 32.2. The fraction of sp³-hybridized carbons (Fsp3) is 0.176. The Morgan fingerprint density at radius 2 is 1.95 bits per heavy atom. The SMILES string of the molecule is [2H]C([2H])([2H])Oc1cccc(C#CCOS(=O)(=O)c2ccc(C)cc2)c1. The standard InChI is InChI=1S/C17H16O4S/c1-14-8-10-17(11-9-14)22(18,19)21-12-4-6-15-5-3-7-16(13-15)20-2/h3,5,7-11,13H,12H2,1-2H3/i2D3. The molecule has 0 spiro atoms. The Bertz CT molecular complexity index is 892. The minimum absolute atomic E-state index is 0.0629. The van der Waals surface area contributed by atoms with Gasteiger partial charge in [-0.1, -0.05) is 35.6 Å². The van der Waals surface area contributed by atoms with Gasteiger partial charge in [-0.15, -0.1) is 0 Å². The monoisotopic (exact) mass is 319 g/mol. The van der Waals surface area contributed by atoms with Crippen LogP contribution in [0.5, 0.6) is 5.75 Å². The Kier molecular flexibility index (Phi) is 3.97. The van der Waals surface area contributed by atoms with Crippen LogP contribution in [0.3, 0.4) is 0 Å². The zero-order valence-electron chi connectivity index (χ0n) is 14.9. The van der Waals surface area contributed by atoms with Crippen molar-refractivity contribution in [2.75, 3.05) is 13.6 Å². The van der Waals surface area contributed by atoms with Crippen LogP contribution in [0.2, 0.25) is 0 Å². The number of aryl methyl sites for hydroxylation is 1. The molecule has 0 heterocycles. The van der Waals surface area contributed by atoms with Gasteiger partial charge in [-0.05, 0) is 37.3 Å². The maximum absolute atomic E-state index is 12.0. The average Bonchev–Trinajstić information content (AvgIpc) is 2.51. The van der Waals surface area contributed by atoms with E-state index in [1.54, 1.807) is 24.3 Å². The lowest BCUT2D eigenvalue weighted by molar-refractivity contribution is 0.363. The van der Waals surface area contributed by atoms with Gasteiger partial charge in [0.1, 0.15) is 12.4 Å². The molecule has 2 aromatic carbocycles. The summed E-state index contributed by atoms with van der Waals surface area (Å²) < 4.78 is 54.8. The van der Waals surface area contributed by atoms with Crippen LogP contribution in [-0.4, -0.2) is 22.1 Å². The van der Waals surface area contributed by atoms with E-state index >= 15 is 0 Å². The first-order valence-electron chi connectivity index (χ1n) is 7.90. The van der Waals surface area contributed by atoms with Gasteiger partial charge < -0.3 is 4.74 Å². The van der Waals surface area contributed by atoms with Crippen molar-refractivity contribution in [2.45, 2.75) is 11.8 Å². The molecule has 4 nitrogen and oxygen atoms in total. The molecular weight excluding hydrogens is 300 g/mol. The zero-order chi connectivity index (χ0) is 18.5. The van der Waals surface area contributed by atoms with Crippen LogP contribution in [0.25, 0.3) is 0 Å². The molecule has 0 atom stereocenters. The topological polar surface area (TPSA) is 52.6 Å². The maximum Gasteiger partial charge on any atom is 0.297 e. The van der Waals surface area contributed by atoms with E-state index in [0.29, 0.717) is 5.56 Å². The molecule has 0 saturated heterocycles.